The van der Waals surface area contributed by atoms with Gasteiger partial charge in [-0.3, -0.25) is 0 Å². The Morgan fingerprint density at radius 3 is 2.78 bits per heavy atom. The minimum Gasteiger partial charge on any atom is -0.512 e. The van der Waals surface area contributed by atoms with Gasteiger partial charge < -0.3 is 9.84 Å². The van der Waals surface area contributed by atoms with Gasteiger partial charge in [0.2, 0.25) is 0 Å². The predicted molar refractivity (Wildman–Crippen MR) is 30.9 cm³/mol. The molecule has 1 rings (SSSR count). The van der Waals surface area contributed by atoms with Gasteiger partial charge in [0.25, 0.3) is 0 Å². The lowest BCUT2D eigenvalue weighted by molar-refractivity contribution is -0.140. The van der Waals surface area contributed by atoms with E-state index in [1.165, 1.54) is 0 Å². The molecule has 1 heterocycles. The van der Waals surface area contributed by atoms with Crippen molar-refractivity contribution in [2.75, 3.05) is 6.61 Å². The van der Waals surface area contributed by atoms with Crippen molar-refractivity contribution in [3.63, 3.8) is 0 Å². The largest absolute Gasteiger partial charge is 0.512 e. The van der Waals surface area contributed by atoms with Crippen molar-refractivity contribution in [3.8, 4) is 0 Å². The summed E-state index contributed by atoms with van der Waals surface area (Å²) in [5, 5.41) is 8.93. The number of ether oxygens (including phenoxy) is 1. The van der Waals surface area contributed by atoms with Gasteiger partial charge in [-0.2, -0.15) is 0 Å². The molecule has 0 atom stereocenters. The molecule has 1 N–H and O–H groups in total. The number of hydrogen-bond acceptors (Lipinski definition) is 3. The first kappa shape index (κ1) is 6.13. The number of esters is 1. The first-order valence-electron chi connectivity index (χ1n) is 2.77. The van der Waals surface area contributed by atoms with Gasteiger partial charge in [-0.1, -0.05) is 0 Å². The topological polar surface area (TPSA) is 46.5 Å². The molecule has 50 valence electrons. The Bertz CT molecular complexity index is 169. The van der Waals surface area contributed by atoms with Crippen molar-refractivity contribution in [2.24, 2.45) is 0 Å². The molecule has 0 bridgehead atoms. The fourth-order valence-electron chi connectivity index (χ4n) is 0.654. The van der Waals surface area contributed by atoms with Crippen molar-refractivity contribution in [1.29, 1.82) is 0 Å². The van der Waals surface area contributed by atoms with E-state index in [-0.39, 0.29) is 5.76 Å². The highest BCUT2D eigenvalue weighted by Crippen LogP contribution is 2.12. The normalized spacial score (nSPS) is 19.9. The lowest BCUT2D eigenvalue weighted by Crippen LogP contribution is -2.15. The molecule has 0 amide bonds. The second-order valence-corrected chi connectivity index (χ2v) is 1.96. The third-order valence-electron chi connectivity index (χ3n) is 1.31. The predicted octanol–water partition coefficient (Wildman–Crippen LogP) is 0.765. The van der Waals surface area contributed by atoms with Crippen molar-refractivity contribution in [2.45, 2.75) is 13.3 Å². The molecule has 3 nitrogen and oxygen atoms in total. The summed E-state index contributed by atoms with van der Waals surface area (Å²) < 4.78 is 4.60. The third kappa shape index (κ3) is 1.04. The maximum atomic E-state index is 10.6. The Labute approximate surface area is 52.9 Å². The maximum Gasteiger partial charge on any atom is 0.337 e. The third-order valence-corrected chi connectivity index (χ3v) is 1.31. The zero-order chi connectivity index (χ0) is 6.85. The molecule has 0 aromatic carbocycles. The van der Waals surface area contributed by atoms with Gasteiger partial charge in [0.15, 0.2) is 0 Å². The molecule has 0 unspecified atom stereocenters. The molecule has 0 saturated carbocycles. The van der Waals surface area contributed by atoms with E-state index >= 15 is 0 Å². The van der Waals surface area contributed by atoms with E-state index in [2.05, 4.69) is 4.74 Å². The van der Waals surface area contributed by atoms with Gasteiger partial charge in [-0.15, -0.1) is 0 Å². The number of aliphatic hydroxyl groups excluding tert-OH is 1. The van der Waals surface area contributed by atoms with E-state index in [9.17, 15) is 4.79 Å². The highest BCUT2D eigenvalue weighted by Gasteiger charge is 2.16. The molecule has 0 aromatic heterocycles. The van der Waals surface area contributed by atoms with Crippen LogP contribution in [0.15, 0.2) is 11.3 Å². The van der Waals surface area contributed by atoms with Crippen LogP contribution in [0, 0.1) is 0 Å². The summed E-state index contributed by atoms with van der Waals surface area (Å²) in [6.45, 7) is 1.86. The molecule has 1 aliphatic heterocycles. The van der Waals surface area contributed by atoms with E-state index in [0.29, 0.717) is 18.6 Å². The number of rotatable bonds is 0. The summed E-state index contributed by atoms with van der Waals surface area (Å²) in [7, 11) is 0. The van der Waals surface area contributed by atoms with E-state index in [0.717, 1.165) is 0 Å². The van der Waals surface area contributed by atoms with Crippen LogP contribution in [0.4, 0.5) is 0 Å². The van der Waals surface area contributed by atoms with E-state index < -0.39 is 5.97 Å². The highest BCUT2D eigenvalue weighted by molar-refractivity contribution is 5.88. The zero-order valence-electron chi connectivity index (χ0n) is 5.18. The zero-order valence-corrected chi connectivity index (χ0v) is 5.18. The van der Waals surface area contributed by atoms with Crippen LogP contribution in [0.1, 0.15) is 13.3 Å². The molecule has 9 heavy (non-hydrogen) atoms. The number of carbonyl (C=O) groups excluding carboxylic acids is 1. The van der Waals surface area contributed by atoms with Gasteiger partial charge in [0.1, 0.15) is 5.76 Å². The van der Waals surface area contributed by atoms with Crippen LogP contribution >= 0.6 is 0 Å². The Morgan fingerprint density at radius 1 is 1.67 bits per heavy atom. The summed E-state index contributed by atoms with van der Waals surface area (Å²) >= 11 is 0. The molecular formula is C6H8O3. The Morgan fingerprint density at radius 2 is 2.33 bits per heavy atom. The number of carbonyl (C=O) groups is 1. The quantitative estimate of drug-likeness (QED) is 0.490. The molecule has 0 spiro atoms. The molecule has 0 radical (unpaired) electrons. The maximum absolute atomic E-state index is 10.6. The second-order valence-electron chi connectivity index (χ2n) is 1.96. The minimum absolute atomic E-state index is 0.159. The van der Waals surface area contributed by atoms with Crippen molar-refractivity contribution in [3.05, 3.63) is 11.3 Å². The molecule has 0 fully saturated rings. The van der Waals surface area contributed by atoms with Gasteiger partial charge in [-0.25, -0.2) is 4.79 Å². The molecule has 0 saturated heterocycles. The van der Waals surface area contributed by atoms with Crippen molar-refractivity contribution < 1.29 is 14.6 Å². The van der Waals surface area contributed by atoms with Crippen molar-refractivity contribution >= 4 is 5.97 Å². The Balaban J connectivity index is 2.84. The minimum atomic E-state index is -0.404. The van der Waals surface area contributed by atoms with E-state index in [1.807, 2.05) is 0 Å². The molecular weight excluding hydrogens is 120 g/mol. The summed E-state index contributed by atoms with van der Waals surface area (Å²) in [4.78, 5) is 10.6. The van der Waals surface area contributed by atoms with Gasteiger partial charge >= 0.3 is 5.97 Å². The Hall–Kier alpha value is -0.990. The molecule has 0 aliphatic carbocycles. The fourth-order valence-corrected chi connectivity index (χ4v) is 0.654. The molecule has 3 heteroatoms. The molecule has 0 aromatic rings. The van der Waals surface area contributed by atoms with Crippen LogP contribution in [0.5, 0.6) is 0 Å². The second kappa shape index (κ2) is 2.09. The van der Waals surface area contributed by atoms with E-state index in [4.69, 9.17) is 5.11 Å². The molecule has 1 aliphatic rings. The first-order chi connectivity index (χ1) is 4.22. The summed E-state index contributed by atoms with van der Waals surface area (Å²) in [6.07, 6.45) is 0.456. The first-order valence-corrected chi connectivity index (χ1v) is 2.77. The average molecular weight is 128 g/mol. The number of aliphatic hydroxyl groups is 1. The SMILES string of the molecule is CC1=C(O)CCOC1=O. The lowest BCUT2D eigenvalue weighted by atomic mass is 10.2. The van der Waals surface area contributed by atoms with Gasteiger partial charge in [0.05, 0.1) is 12.2 Å². The van der Waals surface area contributed by atoms with Gasteiger partial charge in [-0.05, 0) is 6.92 Å². The summed E-state index contributed by atoms with van der Waals surface area (Å²) in [5.74, 6) is -0.245. The van der Waals surface area contributed by atoms with Crippen molar-refractivity contribution in [1.82, 2.24) is 0 Å². The standard InChI is InChI=1S/C6H8O3/c1-4-5(7)2-3-9-6(4)8/h7H,2-3H2,1H3. The lowest BCUT2D eigenvalue weighted by Gasteiger charge is -2.11. The summed E-state index contributed by atoms with van der Waals surface area (Å²) in [6, 6.07) is 0. The average Bonchev–Trinajstić information content (AvgIpc) is 1.83. The van der Waals surface area contributed by atoms with E-state index in [1.54, 1.807) is 6.92 Å². The monoisotopic (exact) mass is 128 g/mol. The smallest absolute Gasteiger partial charge is 0.337 e. The fraction of sp³-hybridized carbons (Fsp3) is 0.500. The Kier molecular flexibility index (Phi) is 1.42. The highest BCUT2D eigenvalue weighted by atomic mass is 16.5. The van der Waals surface area contributed by atoms with Crippen LogP contribution in [0.3, 0.4) is 0 Å². The van der Waals surface area contributed by atoms with Crippen LogP contribution in [0.25, 0.3) is 0 Å². The number of cyclic esters (lactones) is 1. The van der Waals surface area contributed by atoms with Crippen LogP contribution in [0.2, 0.25) is 0 Å². The van der Waals surface area contributed by atoms with Crippen LogP contribution in [-0.4, -0.2) is 17.7 Å². The van der Waals surface area contributed by atoms with Crippen LogP contribution < -0.4 is 0 Å². The van der Waals surface area contributed by atoms with Gasteiger partial charge in [0, 0.05) is 6.42 Å². The summed E-state index contributed by atoms with van der Waals surface area (Å²) in [5.41, 5.74) is 0.334. The van der Waals surface area contributed by atoms with Crippen LogP contribution in [-0.2, 0) is 9.53 Å². The number of hydrogen-bond donors (Lipinski definition) is 1.